The van der Waals surface area contributed by atoms with E-state index in [1.165, 1.54) is 0 Å². The Hall–Kier alpha value is -0.570. The Balaban J connectivity index is 2.82. The first-order valence-corrected chi connectivity index (χ1v) is 2.55. The number of carbonyl (C=O) groups is 1. The summed E-state index contributed by atoms with van der Waals surface area (Å²) in [5.41, 5.74) is 0. The van der Waals surface area contributed by atoms with E-state index in [4.69, 9.17) is 0 Å². The molecule has 0 amide bonds. The van der Waals surface area contributed by atoms with Gasteiger partial charge < -0.3 is 14.6 Å². The molecule has 0 radical (unpaired) electrons. The van der Waals surface area contributed by atoms with Gasteiger partial charge in [-0.15, -0.1) is 0 Å². The van der Waals surface area contributed by atoms with Crippen LogP contribution in [-0.2, 0) is 9.53 Å². The van der Waals surface area contributed by atoms with Crippen molar-refractivity contribution in [2.24, 2.45) is 0 Å². The average molecular weight is 117 g/mol. The van der Waals surface area contributed by atoms with Crippen LogP contribution in [0.4, 0.5) is 0 Å². The number of aliphatic carboxylic acids is 1. The van der Waals surface area contributed by atoms with Crippen molar-refractivity contribution in [3.05, 3.63) is 0 Å². The van der Waals surface area contributed by atoms with Gasteiger partial charge in [-0.05, 0) is 6.42 Å². The van der Waals surface area contributed by atoms with Gasteiger partial charge in [0.15, 0.2) is 0 Å². The summed E-state index contributed by atoms with van der Waals surface area (Å²) in [6, 6.07) is 0. The zero-order chi connectivity index (χ0) is 6.41. The maximum Gasteiger partial charge on any atom is 0.0861 e. The molecule has 0 aromatic rings. The first kappa shape index (κ1) is 7.43. The van der Waals surface area contributed by atoms with Gasteiger partial charge in [-0.1, -0.05) is 6.92 Å². The molecule has 0 bridgehead atoms. The van der Waals surface area contributed by atoms with E-state index in [1.54, 1.807) is 0 Å². The summed E-state index contributed by atoms with van der Waals surface area (Å²) in [6.07, 6.45) is 0.841. The molecule has 8 heavy (non-hydrogen) atoms. The van der Waals surface area contributed by atoms with Crippen LogP contribution in [0.2, 0.25) is 0 Å². The third-order valence-corrected chi connectivity index (χ3v) is 0.568. The lowest BCUT2D eigenvalue weighted by Gasteiger charge is -2.00. The molecule has 0 aliphatic rings. The highest BCUT2D eigenvalue weighted by molar-refractivity contribution is 5.65. The molecule has 0 spiro atoms. The Labute approximate surface area is 48.3 Å². The van der Waals surface area contributed by atoms with E-state index in [-0.39, 0.29) is 6.61 Å². The normalized spacial score (nSPS) is 9.12. The van der Waals surface area contributed by atoms with Crippen LogP contribution >= 0.6 is 0 Å². The Morgan fingerprint density at radius 2 is 2.38 bits per heavy atom. The number of carbonyl (C=O) groups excluding carboxylic acids is 1. The highest BCUT2D eigenvalue weighted by Crippen LogP contribution is 1.76. The van der Waals surface area contributed by atoms with Crippen LogP contribution in [0.25, 0.3) is 0 Å². The molecule has 0 saturated heterocycles. The molecular weight excluding hydrogens is 108 g/mol. The highest BCUT2D eigenvalue weighted by atomic mass is 16.5. The summed E-state index contributed by atoms with van der Waals surface area (Å²) in [5.74, 6) is -1.15. The molecule has 0 heterocycles. The fourth-order valence-electron chi connectivity index (χ4n) is 0.300. The monoisotopic (exact) mass is 117 g/mol. The second-order valence-electron chi connectivity index (χ2n) is 1.42. The topological polar surface area (TPSA) is 49.4 Å². The lowest BCUT2D eigenvalue weighted by Crippen LogP contribution is -2.27. The summed E-state index contributed by atoms with van der Waals surface area (Å²) < 4.78 is 4.58. The van der Waals surface area contributed by atoms with Crippen LogP contribution in [0.1, 0.15) is 13.3 Å². The summed E-state index contributed by atoms with van der Waals surface area (Å²) in [6.45, 7) is 2.12. The van der Waals surface area contributed by atoms with E-state index < -0.39 is 5.97 Å². The molecule has 0 aromatic heterocycles. The van der Waals surface area contributed by atoms with Crippen LogP contribution in [0.3, 0.4) is 0 Å². The molecule has 0 saturated carbocycles. The molecule has 0 rings (SSSR count). The van der Waals surface area contributed by atoms with E-state index in [0.717, 1.165) is 6.42 Å². The van der Waals surface area contributed by atoms with E-state index in [1.807, 2.05) is 6.92 Å². The van der Waals surface area contributed by atoms with Gasteiger partial charge in [-0.2, -0.15) is 0 Å². The SMILES string of the molecule is CCCOCC(=O)[O-]. The minimum Gasteiger partial charge on any atom is -0.548 e. The van der Waals surface area contributed by atoms with Crippen molar-refractivity contribution in [3.63, 3.8) is 0 Å². The molecule has 0 aliphatic carbocycles. The molecule has 0 unspecified atom stereocenters. The van der Waals surface area contributed by atoms with Gasteiger partial charge in [0.05, 0.1) is 12.6 Å². The molecule has 3 heteroatoms. The third kappa shape index (κ3) is 5.43. The van der Waals surface area contributed by atoms with Crippen LogP contribution in [0.5, 0.6) is 0 Å². The Kier molecular flexibility index (Phi) is 4.26. The predicted octanol–water partition coefficient (Wildman–Crippen LogP) is -0.837. The van der Waals surface area contributed by atoms with Crippen molar-refractivity contribution in [2.75, 3.05) is 13.2 Å². The predicted molar refractivity (Wildman–Crippen MR) is 26.1 cm³/mol. The van der Waals surface area contributed by atoms with Gasteiger partial charge in [0, 0.05) is 6.61 Å². The molecule has 3 nitrogen and oxygen atoms in total. The van der Waals surface area contributed by atoms with Gasteiger partial charge in [0.25, 0.3) is 0 Å². The van der Waals surface area contributed by atoms with Gasteiger partial charge in [-0.3, -0.25) is 0 Å². The molecule has 0 N–H and O–H groups in total. The number of ether oxygens (including phenoxy) is 1. The minimum atomic E-state index is -1.15. The van der Waals surface area contributed by atoms with Crippen molar-refractivity contribution in [3.8, 4) is 0 Å². The second kappa shape index (κ2) is 4.59. The highest BCUT2D eigenvalue weighted by Gasteiger charge is 1.82. The lowest BCUT2D eigenvalue weighted by molar-refractivity contribution is -0.309. The third-order valence-electron chi connectivity index (χ3n) is 0.568. The number of rotatable bonds is 4. The van der Waals surface area contributed by atoms with Gasteiger partial charge >= 0.3 is 0 Å². The molecule has 0 aromatic carbocycles. The van der Waals surface area contributed by atoms with Crippen molar-refractivity contribution in [1.29, 1.82) is 0 Å². The first-order valence-electron chi connectivity index (χ1n) is 2.55. The minimum absolute atomic E-state index is 0.284. The Morgan fingerprint density at radius 1 is 1.75 bits per heavy atom. The van der Waals surface area contributed by atoms with Crippen LogP contribution in [-0.4, -0.2) is 19.2 Å². The van der Waals surface area contributed by atoms with E-state index in [0.29, 0.717) is 6.61 Å². The van der Waals surface area contributed by atoms with Crippen LogP contribution in [0.15, 0.2) is 0 Å². The van der Waals surface area contributed by atoms with Crippen LogP contribution < -0.4 is 5.11 Å². The van der Waals surface area contributed by atoms with Gasteiger partial charge in [0.2, 0.25) is 0 Å². The van der Waals surface area contributed by atoms with E-state index >= 15 is 0 Å². The summed E-state index contributed by atoms with van der Waals surface area (Å²) in [5, 5.41) is 9.64. The molecule has 0 fully saturated rings. The number of hydrogen-bond acceptors (Lipinski definition) is 3. The smallest absolute Gasteiger partial charge is 0.0861 e. The Morgan fingerprint density at radius 3 is 2.75 bits per heavy atom. The van der Waals surface area contributed by atoms with Crippen LogP contribution in [0, 0.1) is 0 Å². The quantitative estimate of drug-likeness (QED) is 0.451. The van der Waals surface area contributed by atoms with Gasteiger partial charge in [-0.25, -0.2) is 0 Å². The van der Waals surface area contributed by atoms with Gasteiger partial charge in [0.1, 0.15) is 0 Å². The fraction of sp³-hybridized carbons (Fsp3) is 0.800. The molecular formula is C5H9O3-. The van der Waals surface area contributed by atoms with Crippen molar-refractivity contribution >= 4 is 5.97 Å². The largest absolute Gasteiger partial charge is 0.548 e. The maximum atomic E-state index is 9.64. The van der Waals surface area contributed by atoms with Crippen molar-refractivity contribution < 1.29 is 14.6 Å². The molecule has 48 valence electrons. The zero-order valence-corrected chi connectivity index (χ0v) is 4.85. The molecule has 0 atom stereocenters. The van der Waals surface area contributed by atoms with E-state index in [2.05, 4.69) is 4.74 Å². The summed E-state index contributed by atoms with van der Waals surface area (Å²) >= 11 is 0. The average Bonchev–Trinajstić information content (AvgIpc) is 1.66. The number of carboxylic acids is 1. The number of carboxylic acid groups (broad SMARTS) is 1. The summed E-state index contributed by atoms with van der Waals surface area (Å²) in [7, 11) is 0. The second-order valence-corrected chi connectivity index (χ2v) is 1.42. The standard InChI is InChI=1S/C5H10O3/c1-2-3-8-4-5(6)7/h2-4H2,1H3,(H,6,7)/p-1. The van der Waals surface area contributed by atoms with E-state index in [9.17, 15) is 9.90 Å². The van der Waals surface area contributed by atoms with Crippen molar-refractivity contribution in [2.45, 2.75) is 13.3 Å². The Bertz CT molecular complexity index is 70.1. The number of hydrogen-bond donors (Lipinski definition) is 0. The molecule has 0 aliphatic heterocycles. The zero-order valence-electron chi connectivity index (χ0n) is 4.85. The fourth-order valence-corrected chi connectivity index (χ4v) is 0.300. The first-order chi connectivity index (χ1) is 3.77. The van der Waals surface area contributed by atoms with Crippen molar-refractivity contribution in [1.82, 2.24) is 0 Å². The maximum absolute atomic E-state index is 9.64. The lowest BCUT2D eigenvalue weighted by atomic mass is 10.5. The summed E-state index contributed by atoms with van der Waals surface area (Å²) in [4.78, 5) is 9.64.